The maximum absolute atomic E-state index is 11.8. The highest BCUT2D eigenvalue weighted by molar-refractivity contribution is 14.2. The molecule has 7 heteroatoms. The zero-order chi connectivity index (χ0) is 15.1. The molecule has 21 heavy (non-hydrogen) atoms. The molecule has 2 heterocycles. The average molecular weight is 421 g/mol. The first-order chi connectivity index (χ1) is 10.2. The van der Waals surface area contributed by atoms with Gasteiger partial charge in [0.05, 0.1) is 18.7 Å². The fraction of sp³-hybridized carbons (Fsp3) is 0.571. The predicted octanol–water partition coefficient (Wildman–Crippen LogP) is 2.52. The van der Waals surface area contributed by atoms with Crippen molar-refractivity contribution >= 4 is 36.3 Å². The SMILES string of the molecule is CCOC(=O)CC1CN(SI)CCN1Cc1ccccn1. The van der Waals surface area contributed by atoms with Gasteiger partial charge in [-0.3, -0.25) is 14.7 Å². The van der Waals surface area contributed by atoms with Crippen LogP contribution in [-0.2, 0) is 16.1 Å². The smallest absolute Gasteiger partial charge is 0.307 e. The van der Waals surface area contributed by atoms with Crippen LogP contribution in [0.2, 0.25) is 0 Å². The number of halogens is 1. The molecule has 0 bridgehead atoms. The molecule has 2 rings (SSSR count). The fourth-order valence-corrected chi connectivity index (χ4v) is 3.89. The standard InChI is InChI=1S/C14H20IN3O2S/c1-2-20-14(19)9-13-11-18(21-15)8-7-17(13)10-12-5-3-4-6-16-12/h3-6,13H,2,7-11H2,1H3. The summed E-state index contributed by atoms with van der Waals surface area (Å²) in [5.41, 5.74) is 1.04. The average Bonchev–Trinajstić information content (AvgIpc) is 2.50. The third-order valence-electron chi connectivity index (χ3n) is 3.46. The normalized spacial score (nSPS) is 20.4. The summed E-state index contributed by atoms with van der Waals surface area (Å²) in [7, 11) is 1.71. The van der Waals surface area contributed by atoms with Crippen molar-refractivity contribution in [3.63, 3.8) is 0 Å². The van der Waals surface area contributed by atoms with E-state index < -0.39 is 0 Å². The summed E-state index contributed by atoms with van der Waals surface area (Å²) < 4.78 is 7.39. The number of nitrogens with zero attached hydrogens (tertiary/aromatic N) is 3. The second kappa shape index (κ2) is 8.92. The molecule has 1 atom stereocenters. The van der Waals surface area contributed by atoms with E-state index >= 15 is 0 Å². The molecule has 1 saturated heterocycles. The molecular formula is C14H20IN3O2S. The highest BCUT2D eigenvalue weighted by Crippen LogP contribution is 2.25. The first-order valence-corrected chi connectivity index (χ1v) is 10.4. The molecule has 0 spiro atoms. The van der Waals surface area contributed by atoms with Crippen LogP contribution in [0.4, 0.5) is 0 Å². The van der Waals surface area contributed by atoms with Crippen LogP contribution in [-0.4, -0.2) is 52.4 Å². The van der Waals surface area contributed by atoms with Crippen LogP contribution in [0, 0.1) is 0 Å². The quantitative estimate of drug-likeness (QED) is 0.400. The molecule has 1 aromatic heterocycles. The van der Waals surface area contributed by atoms with E-state index in [1.54, 1.807) is 9.12 Å². The van der Waals surface area contributed by atoms with Gasteiger partial charge in [-0.1, -0.05) is 6.07 Å². The monoisotopic (exact) mass is 421 g/mol. The molecule has 1 aliphatic rings. The topological polar surface area (TPSA) is 45.7 Å². The number of piperazine rings is 1. The van der Waals surface area contributed by atoms with Gasteiger partial charge in [0.15, 0.2) is 0 Å². The molecule has 1 fully saturated rings. The molecule has 0 N–H and O–H groups in total. The van der Waals surface area contributed by atoms with Gasteiger partial charge in [-0.15, -0.1) is 0 Å². The molecular weight excluding hydrogens is 401 g/mol. The van der Waals surface area contributed by atoms with E-state index in [-0.39, 0.29) is 12.0 Å². The highest BCUT2D eigenvalue weighted by atomic mass is 127. The summed E-state index contributed by atoms with van der Waals surface area (Å²) in [4.78, 5) is 18.5. The lowest BCUT2D eigenvalue weighted by molar-refractivity contribution is -0.145. The molecule has 116 valence electrons. The van der Waals surface area contributed by atoms with Crippen LogP contribution in [0.1, 0.15) is 19.0 Å². The van der Waals surface area contributed by atoms with Gasteiger partial charge < -0.3 is 4.74 Å². The second-order valence-corrected chi connectivity index (χ2v) is 6.75. The minimum Gasteiger partial charge on any atom is -0.466 e. The summed E-state index contributed by atoms with van der Waals surface area (Å²) >= 11 is 2.29. The number of ether oxygens (including phenoxy) is 1. The summed E-state index contributed by atoms with van der Waals surface area (Å²) in [5, 5.41) is 0. The Hall–Kier alpha value is -0.380. The lowest BCUT2D eigenvalue weighted by atomic mass is 10.1. The molecule has 1 aromatic rings. The van der Waals surface area contributed by atoms with E-state index in [0.717, 1.165) is 31.9 Å². The van der Waals surface area contributed by atoms with Gasteiger partial charge in [0.1, 0.15) is 0 Å². The van der Waals surface area contributed by atoms with Gasteiger partial charge in [-0.2, -0.15) is 0 Å². The molecule has 0 aliphatic carbocycles. The predicted molar refractivity (Wildman–Crippen MR) is 92.9 cm³/mol. The first-order valence-electron chi connectivity index (χ1n) is 7.06. The molecule has 1 unspecified atom stereocenters. The Kier molecular flexibility index (Phi) is 7.21. The maximum Gasteiger partial charge on any atom is 0.307 e. The molecule has 0 saturated carbocycles. The van der Waals surface area contributed by atoms with Crippen molar-refractivity contribution < 1.29 is 9.53 Å². The minimum atomic E-state index is -0.117. The van der Waals surface area contributed by atoms with Crippen LogP contribution in [0.3, 0.4) is 0 Å². The number of hydrogen-bond donors (Lipinski definition) is 0. The van der Waals surface area contributed by atoms with Crippen molar-refractivity contribution in [1.29, 1.82) is 0 Å². The van der Waals surface area contributed by atoms with Gasteiger partial charge in [-0.05, 0) is 28.2 Å². The first kappa shape index (κ1) is 17.0. The minimum absolute atomic E-state index is 0.117. The Morgan fingerprint density at radius 2 is 2.38 bits per heavy atom. The van der Waals surface area contributed by atoms with Crippen molar-refractivity contribution in [3.8, 4) is 0 Å². The number of carbonyl (C=O) groups excluding carboxylic acids is 1. The number of carbonyl (C=O) groups is 1. The Labute approximate surface area is 142 Å². The molecule has 0 aromatic carbocycles. The van der Waals surface area contributed by atoms with Crippen LogP contribution in [0.5, 0.6) is 0 Å². The van der Waals surface area contributed by atoms with Crippen LogP contribution in [0.15, 0.2) is 24.4 Å². The number of aromatic nitrogens is 1. The van der Waals surface area contributed by atoms with Crippen molar-refractivity contribution in [1.82, 2.24) is 14.2 Å². The van der Waals surface area contributed by atoms with E-state index in [1.807, 2.05) is 31.3 Å². The van der Waals surface area contributed by atoms with Gasteiger partial charge in [0.2, 0.25) is 0 Å². The molecule has 0 amide bonds. The summed E-state index contributed by atoms with van der Waals surface area (Å²) in [5.74, 6) is -0.117. The number of pyridine rings is 1. The number of rotatable bonds is 6. The van der Waals surface area contributed by atoms with Crippen LogP contribution < -0.4 is 0 Å². The van der Waals surface area contributed by atoms with E-state index in [0.29, 0.717) is 13.0 Å². The summed E-state index contributed by atoms with van der Waals surface area (Å²) in [6.07, 6.45) is 2.25. The molecule has 0 radical (unpaired) electrons. The lowest BCUT2D eigenvalue weighted by Gasteiger charge is -2.39. The van der Waals surface area contributed by atoms with Gasteiger partial charge in [0, 0.05) is 59.6 Å². The fourth-order valence-electron chi connectivity index (χ4n) is 2.44. The van der Waals surface area contributed by atoms with Gasteiger partial charge in [-0.25, -0.2) is 4.31 Å². The largest absolute Gasteiger partial charge is 0.466 e. The van der Waals surface area contributed by atoms with E-state index in [4.69, 9.17) is 4.74 Å². The Balaban J connectivity index is 2.00. The van der Waals surface area contributed by atoms with Crippen LogP contribution >= 0.6 is 30.3 Å². The van der Waals surface area contributed by atoms with E-state index in [1.165, 1.54) is 0 Å². The van der Waals surface area contributed by atoms with Gasteiger partial charge in [0.25, 0.3) is 0 Å². The second-order valence-electron chi connectivity index (χ2n) is 4.91. The summed E-state index contributed by atoms with van der Waals surface area (Å²) in [6, 6.07) is 6.13. The van der Waals surface area contributed by atoms with Gasteiger partial charge >= 0.3 is 5.97 Å². The number of esters is 1. The van der Waals surface area contributed by atoms with Crippen molar-refractivity contribution in [2.24, 2.45) is 0 Å². The third kappa shape index (κ3) is 5.39. The van der Waals surface area contributed by atoms with Crippen molar-refractivity contribution in [2.75, 3.05) is 26.2 Å². The zero-order valence-electron chi connectivity index (χ0n) is 12.1. The maximum atomic E-state index is 11.8. The summed E-state index contributed by atoms with van der Waals surface area (Å²) in [6.45, 7) is 5.88. The zero-order valence-corrected chi connectivity index (χ0v) is 15.0. The van der Waals surface area contributed by atoms with Crippen LogP contribution in [0.25, 0.3) is 0 Å². The van der Waals surface area contributed by atoms with Crippen molar-refractivity contribution in [2.45, 2.75) is 25.9 Å². The van der Waals surface area contributed by atoms with Crippen molar-refractivity contribution in [3.05, 3.63) is 30.1 Å². The number of hydrogen-bond acceptors (Lipinski definition) is 6. The van der Waals surface area contributed by atoms with E-state index in [9.17, 15) is 4.79 Å². The molecule has 5 nitrogen and oxygen atoms in total. The third-order valence-corrected chi connectivity index (χ3v) is 5.66. The highest BCUT2D eigenvalue weighted by Gasteiger charge is 2.29. The Morgan fingerprint density at radius 3 is 3.05 bits per heavy atom. The molecule has 1 aliphatic heterocycles. The Morgan fingerprint density at radius 1 is 1.52 bits per heavy atom. The Bertz CT molecular complexity index is 449. The lowest BCUT2D eigenvalue weighted by Crippen LogP contribution is -2.51. The van der Waals surface area contributed by atoms with E-state index in [2.05, 4.69) is 35.4 Å².